The summed E-state index contributed by atoms with van der Waals surface area (Å²) in [5.74, 6) is 0. The van der Waals surface area contributed by atoms with Crippen molar-refractivity contribution >= 4 is 20.5 Å². The Hall–Kier alpha value is -1.04. The minimum absolute atomic E-state index is 1.30. The molecule has 0 saturated heterocycles. The molecule has 14 heavy (non-hydrogen) atoms. The van der Waals surface area contributed by atoms with E-state index in [1.54, 1.807) is 0 Å². The summed E-state index contributed by atoms with van der Waals surface area (Å²) in [6.07, 6.45) is 2.25. The Kier molecular flexibility index (Phi) is 1.76. The summed E-state index contributed by atoms with van der Waals surface area (Å²) in [5.41, 5.74) is 5.41. The van der Waals surface area contributed by atoms with Crippen LogP contribution >= 0.6 is 0 Å². The van der Waals surface area contributed by atoms with Gasteiger partial charge in [-0.3, -0.25) is 0 Å². The van der Waals surface area contributed by atoms with Gasteiger partial charge in [0.2, 0.25) is 0 Å². The quantitative estimate of drug-likeness (QED) is 0.529. The summed E-state index contributed by atoms with van der Waals surface area (Å²) < 4.78 is 1.30. The maximum atomic E-state index is 2.65. The van der Waals surface area contributed by atoms with Crippen molar-refractivity contribution < 1.29 is 0 Å². The molecule has 2 aromatic carbocycles. The molecule has 0 spiro atoms. The van der Waals surface area contributed by atoms with Gasteiger partial charge in [0.05, 0.1) is 0 Å². The third-order valence-corrected chi connectivity index (χ3v) is 3.40. The van der Waals surface area contributed by atoms with Gasteiger partial charge >= 0.3 is 91.6 Å². The summed E-state index contributed by atoms with van der Waals surface area (Å²) in [6, 6.07) is 15.0. The van der Waals surface area contributed by atoms with E-state index in [1.165, 1.54) is 26.7 Å². The fraction of sp³-hybridized carbons (Fsp3) is 0. The second-order valence-corrected chi connectivity index (χ2v) is 4.48. The second kappa shape index (κ2) is 2.98. The van der Waals surface area contributed by atoms with Gasteiger partial charge in [-0.2, -0.15) is 0 Å². The Morgan fingerprint density at radius 2 is 1.57 bits per heavy atom. The Labute approximate surface area is 91.8 Å². The first kappa shape index (κ1) is 8.28. The van der Waals surface area contributed by atoms with Crippen molar-refractivity contribution in [3.05, 3.63) is 60.0 Å². The Morgan fingerprint density at radius 3 is 2.50 bits per heavy atom. The van der Waals surface area contributed by atoms with Crippen LogP contribution in [-0.4, -0.2) is 16.0 Å². The van der Waals surface area contributed by atoms with E-state index in [4.69, 9.17) is 0 Å². The van der Waals surface area contributed by atoms with Crippen LogP contribution < -0.4 is 4.46 Å². The van der Waals surface area contributed by atoms with Crippen molar-refractivity contribution in [2.45, 2.75) is 0 Å². The molecule has 0 aliphatic heterocycles. The first-order valence-corrected chi connectivity index (χ1v) is 5.56. The molecule has 0 bridgehead atoms. The molecule has 0 unspecified atom stereocenters. The second-order valence-electron chi connectivity index (χ2n) is 3.47. The maximum absolute atomic E-state index is 2.65. The van der Waals surface area contributed by atoms with Crippen LogP contribution in [0.2, 0.25) is 0 Å². The molecule has 0 aromatic heterocycles. The van der Waals surface area contributed by atoms with Crippen molar-refractivity contribution in [3.63, 3.8) is 0 Å². The zero-order chi connectivity index (χ0) is 9.54. The van der Waals surface area contributed by atoms with Crippen LogP contribution in [0.5, 0.6) is 0 Å². The Bertz CT molecular complexity index is 500. The fourth-order valence-electron chi connectivity index (χ4n) is 1.99. The summed E-state index contributed by atoms with van der Waals surface area (Å²) in [5, 5.41) is 0. The van der Waals surface area contributed by atoms with Gasteiger partial charge < -0.3 is 0 Å². The van der Waals surface area contributed by atoms with Gasteiger partial charge in [0.1, 0.15) is 0 Å². The first-order chi connectivity index (χ1) is 6.86. The van der Waals surface area contributed by atoms with E-state index >= 15 is 0 Å². The molecule has 0 amide bonds. The van der Waals surface area contributed by atoms with Crippen molar-refractivity contribution in [1.82, 2.24) is 0 Å². The molecule has 3 rings (SSSR count). The number of hydrogen-bond donors (Lipinski definition) is 0. The molecule has 2 aromatic rings. The molecule has 1 aliphatic rings. The molecule has 1 aliphatic carbocycles. The molecule has 1 heteroatoms. The van der Waals surface area contributed by atoms with Crippen molar-refractivity contribution in [1.29, 1.82) is 0 Å². The third kappa shape index (κ3) is 1.06. The fourth-order valence-corrected chi connectivity index (χ4v) is 2.69. The van der Waals surface area contributed by atoms with Gasteiger partial charge in [-0.05, 0) is 0 Å². The van der Waals surface area contributed by atoms with Crippen LogP contribution in [-0.2, 0) is 0 Å². The number of benzene rings is 2. The van der Waals surface area contributed by atoms with Crippen LogP contribution in [0, 0.1) is 6.42 Å². The molecule has 0 saturated carbocycles. The third-order valence-electron chi connectivity index (χ3n) is 2.62. The minimum atomic E-state index is 1.30. The molecule has 0 N–H and O–H groups in total. The first-order valence-electron chi connectivity index (χ1n) is 4.62. The molecule has 0 heterocycles. The molecule has 0 nitrogen and oxygen atoms in total. The molecule has 1 radical (unpaired) electrons. The normalized spacial score (nSPS) is 12.4. The number of fused-ring (bicyclic) bond motifs is 3. The molecular weight excluding hydrogens is 235 g/mol. The summed E-state index contributed by atoms with van der Waals surface area (Å²) in [7, 11) is 0. The van der Waals surface area contributed by atoms with E-state index < -0.39 is 0 Å². The van der Waals surface area contributed by atoms with Gasteiger partial charge in [-0.25, -0.2) is 0 Å². The molecule has 0 fully saturated rings. The predicted octanol–water partition coefficient (Wildman–Crippen LogP) is 1.79. The number of hydrogen-bond acceptors (Lipinski definition) is 0. The monoisotopic (exact) mass is 245 g/mol. The van der Waals surface area contributed by atoms with Crippen LogP contribution in [0.4, 0.5) is 0 Å². The van der Waals surface area contributed by atoms with Gasteiger partial charge in [-0.1, -0.05) is 0 Å². The van der Waals surface area contributed by atoms with E-state index in [1.807, 2.05) is 0 Å². The standard InChI is InChI=1S/C13H9Se/c14-12-7-3-5-10-8-9-4-1-2-6-11(9)13(10)12/h1-8,14H. The van der Waals surface area contributed by atoms with Gasteiger partial charge in [0, 0.05) is 0 Å². The van der Waals surface area contributed by atoms with Gasteiger partial charge in [0.15, 0.2) is 0 Å². The van der Waals surface area contributed by atoms with E-state index in [0.29, 0.717) is 0 Å². The van der Waals surface area contributed by atoms with Crippen LogP contribution in [0.25, 0.3) is 11.1 Å². The van der Waals surface area contributed by atoms with Crippen molar-refractivity contribution in [3.8, 4) is 11.1 Å². The molecule has 0 atom stereocenters. The SMILES string of the molecule is [SeH]c1cccc2c1-c1ccccc1[CH]2. The van der Waals surface area contributed by atoms with E-state index in [-0.39, 0.29) is 0 Å². The summed E-state index contributed by atoms with van der Waals surface area (Å²) >= 11 is 2.65. The van der Waals surface area contributed by atoms with Crippen LogP contribution in [0.1, 0.15) is 11.1 Å². The Balaban J connectivity index is 2.35. The average Bonchev–Trinajstić information content (AvgIpc) is 2.57. The predicted molar refractivity (Wildman–Crippen MR) is 61.2 cm³/mol. The van der Waals surface area contributed by atoms with Crippen LogP contribution in [0.3, 0.4) is 0 Å². The Morgan fingerprint density at radius 1 is 0.786 bits per heavy atom. The van der Waals surface area contributed by atoms with E-state index in [2.05, 4.69) is 64.9 Å². The van der Waals surface area contributed by atoms with E-state index in [9.17, 15) is 0 Å². The summed E-state index contributed by atoms with van der Waals surface area (Å²) in [6.45, 7) is 0. The van der Waals surface area contributed by atoms with Gasteiger partial charge in [0.25, 0.3) is 0 Å². The van der Waals surface area contributed by atoms with E-state index in [0.717, 1.165) is 0 Å². The van der Waals surface area contributed by atoms with Gasteiger partial charge in [-0.15, -0.1) is 0 Å². The number of rotatable bonds is 0. The summed E-state index contributed by atoms with van der Waals surface area (Å²) in [4.78, 5) is 0. The van der Waals surface area contributed by atoms with Crippen molar-refractivity contribution in [2.24, 2.45) is 0 Å². The molecular formula is C13H9Se. The average molecular weight is 244 g/mol. The zero-order valence-electron chi connectivity index (χ0n) is 7.57. The van der Waals surface area contributed by atoms with Crippen LogP contribution in [0.15, 0.2) is 42.5 Å². The molecule has 67 valence electrons. The zero-order valence-corrected chi connectivity index (χ0v) is 9.44. The topological polar surface area (TPSA) is 0 Å². The van der Waals surface area contributed by atoms with Crippen molar-refractivity contribution in [2.75, 3.05) is 0 Å².